The summed E-state index contributed by atoms with van der Waals surface area (Å²) in [5, 5.41) is 0. The van der Waals surface area contributed by atoms with E-state index in [0.717, 1.165) is 5.56 Å². The molecule has 0 aliphatic heterocycles. The molecule has 1 unspecified atom stereocenters. The monoisotopic (exact) mass is 178 g/mol. The third-order valence-corrected chi connectivity index (χ3v) is 2.66. The molecule has 0 radical (unpaired) electrons. The van der Waals surface area contributed by atoms with Crippen LogP contribution in [0, 0.1) is 5.41 Å². The highest BCUT2D eigenvalue weighted by atomic mass is 16.1. The van der Waals surface area contributed by atoms with Crippen LogP contribution in [0.15, 0.2) is 24.3 Å². The second kappa shape index (κ2) is 2.69. The van der Waals surface area contributed by atoms with Crippen molar-refractivity contribution in [2.24, 2.45) is 5.41 Å². The van der Waals surface area contributed by atoms with Crippen molar-refractivity contribution in [3.8, 4) is 0 Å². The molecule has 0 spiro atoms. The third-order valence-electron chi connectivity index (χ3n) is 2.66. The largest absolute Gasteiger partial charge is 0.294 e. The van der Waals surface area contributed by atoms with Gasteiger partial charge in [-0.05, 0) is 18.4 Å². The summed E-state index contributed by atoms with van der Waals surface area (Å²) < 4.78 is 22.5. The molecule has 1 aromatic rings. The second-order valence-electron chi connectivity index (χ2n) is 3.82. The summed E-state index contributed by atoms with van der Waals surface area (Å²) in [7, 11) is 0. The van der Waals surface area contributed by atoms with E-state index in [4.69, 9.17) is 4.11 Å². The lowest BCUT2D eigenvalue weighted by atomic mass is 9.77. The second-order valence-corrected chi connectivity index (χ2v) is 3.82. The van der Waals surface area contributed by atoms with Gasteiger partial charge in [-0.25, -0.2) is 0 Å². The summed E-state index contributed by atoms with van der Waals surface area (Å²) in [5.74, 6) is -0.241. The first-order valence-corrected chi connectivity index (χ1v) is 4.49. The molecule has 0 fully saturated rings. The Balaban J connectivity index is 2.50. The topological polar surface area (TPSA) is 17.1 Å². The van der Waals surface area contributed by atoms with Crippen LogP contribution < -0.4 is 0 Å². The molecule has 68 valence electrons. The maximum atomic E-state index is 12.2. The highest BCUT2D eigenvalue weighted by molar-refractivity contribution is 6.02. The zero-order valence-electron chi connectivity index (χ0n) is 10.6. The minimum absolute atomic E-state index is 0.241. The summed E-state index contributed by atoms with van der Waals surface area (Å²) in [4.78, 5) is 12.2. The van der Waals surface area contributed by atoms with Gasteiger partial charge in [-0.1, -0.05) is 38.0 Å². The lowest BCUT2D eigenvalue weighted by Crippen LogP contribution is -2.30. The third kappa shape index (κ3) is 1.28. The molecular formula is C12H14O. The first-order chi connectivity index (χ1) is 7.36. The fourth-order valence-corrected chi connectivity index (χ4v) is 1.76. The average molecular weight is 178 g/mol. The number of rotatable bonds is 0. The first kappa shape index (κ1) is 5.58. The average Bonchev–Trinajstić information content (AvgIpc) is 2.22. The molecule has 0 saturated carbocycles. The van der Waals surface area contributed by atoms with E-state index < -0.39 is 12.3 Å². The van der Waals surface area contributed by atoms with Gasteiger partial charge in [-0.15, -0.1) is 0 Å². The highest BCUT2D eigenvalue weighted by Crippen LogP contribution is 2.34. The van der Waals surface area contributed by atoms with Gasteiger partial charge in [0.15, 0.2) is 5.78 Å². The molecule has 0 N–H and O–H groups in total. The maximum absolute atomic E-state index is 12.2. The molecule has 13 heavy (non-hydrogen) atoms. The first-order valence-electron chi connectivity index (χ1n) is 5.99. The van der Waals surface area contributed by atoms with Gasteiger partial charge in [-0.2, -0.15) is 0 Å². The van der Waals surface area contributed by atoms with Crippen molar-refractivity contribution in [1.29, 1.82) is 0 Å². The molecule has 1 heteroatoms. The number of ketones is 1. The molecule has 0 heterocycles. The van der Waals surface area contributed by atoms with E-state index in [0.29, 0.717) is 18.4 Å². The van der Waals surface area contributed by atoms with Gasteiger partial charge in [-0.3, -0.25) is 4.79 Å². The van der Waals surface area contributed by atoms with Crippen LogP contribution in [0.4, 0.5) is 0 Å². The molecule has 1 aliphatic rings. The Morgan fingerprint density at radius 2 is 2.23 bits per heavy atom. The number of Topliss-reactive ketones (excluding diaryl/α,β-unsaturated/α-hetero) is 1. The van der Waals surface area contributed by atoms with Gasteiger partial charge >= 0.3 is 0 Å². The fraction of sp³-hybridized carbons (Fsp3) is 0.417. The van der Waals surface area contributed by atoms with Crippen molar-refractivity contribution in [3.63, 3.8) is 0 Å². The molecule has 1 nitrogen and oxygen atoms in total. The van der Waals surface area contributed by atoms with Gasteiger partial charge in [0, 0.05) is 15.1 Å². The molecule has 1 atom stereocenters. The Morgan fingerprint density at radius 3 is 3.00 bits per heavy atom. The summed E-state index contributed by atoms with van der Waals surface area (Å²) in [6.45, 7) is -0.671. The molecule has 0 saturated heterocycles. The number of aryl methyl sites for hydroxylation is 1. The molecule has 2 rings (SSSR count). The molecule has 1 aliphatic carbocycles. The number of carbonyl (C=O) groups is 1. The lowest BCUT2D eigenvalue weighted by molar-refractivity contribution is 0.0811. The van der Waals surface area contributed by atoms with Crippen LogP contribution in [-0.4, -0.2) is 5.78 Å². The Bertz CT molecular complexity index is 436. The van der Waals surface area contributed by atoms with Gasteiger partial charge < -0.3 is 0 Å². The van der Waals surface area contributed by atoms with Gasteiger partial charge in [0.05, 0.1) is 0 Å². The summed E-state index contributed by atoms with van der Waals surface area (Å²) >= 11 is 0. The van der Waals surface area contributed by atoms with Crippen LogP contribution in [0.3, 0.4) is 0 Å². The standard InChI is InChI=1S/C12H14O/c1-12(2)8-7-9-5-3-4-6-10(9)11(12)13/h3-6H,7-8H2,1-2H3/i1D3,2+1. The minimum Gasteiger partial charge on any atom is -0.294 e. The summed E-state index contributed by atoms with van der Waals surface area (Å²) in [6.07, 6.45) is 1.07. The van der Waals surface area contributed by atoms with Crippen LogP contribution in [0.5, 0.6) is 0 Å². The summed E-state index contributed by atoms with van der Waals surface area (Å²) in [5.41, 5.74) is 0.322. The van der Waals surface area contributed by atoms with Crippen molar-refractivity contribution in [3.05, 3.63) is 35.4 Å². The molecule has 1 aromatic carbocycles. The number of carbonyl (C=O) groups excluding carboxylic acids is 1. The van der Waals surface area contributed by atoms with E-state index in [9.17, 15) is 4.79 Å². The van der Waals surface area contributed by atoms with Crippen LogP contribution >= 0.6 is 0 Å². The minimum atomic E-state index is -2.22. The Kier molecular flexibility index (Phi) is 1.16. The highest BCUT2D eigenvalue weighted by Gasteiger charge is 2.33. The van der Waals surface area contributed by atoms with Crippen molar-refractivity contribution in [2.45, 2.75) is 26.6 Å². The summed E-state index contributed by atoms with van der Waals surface area (Å²) in [6, 6.07) is 7.28. The Hall–Kier alpha value is -1.11. The van der Waals surface area contributed by atoms with Crippen molar-refractivity contribution in [1.82, 2.24) is 0 Å². The van der Waals surface area contributed by atoms with E-state index in [-0.39, 0.29) is 5.78 Å². The quantitative estimate of drug-likeness (QED) is 0.558. The van der Waals surface area contributed by atoms with E-state index in [1.165, 1.54) is 0 Å². The van der Waals surface area contributed by atoms with Gasteiger partial charge in [0.2, 0.25) is 0 Å². The normalized spacial score (nSPS) is 31.5. The molecule has 0 aromatic heterocycles. The predicted octanol–water partition coefficient (Wildman–Crippen LogP) is 2.84. The predicted molar refractivity (Wildman–Crippen MR) is 52.9 cm³/mol. The van der Waals surface area contributed by atoms with E-state index in [1.54, 1.807) is 19.1 Å². The van der Waals surface area contributed by atoms with Crippen LogP contribution in [-0.2, 0) is 6.42 Å². The lowest BCUT2D eigenvalue weighted by Gasteiger charge is -2.29. The number of benzene rings is 1. The zero-order chi connectivity index (χ0) is 12.0. The van der Waals surface area contributed by atoms with Crippen LogP contribution in [0.2, 0.25) is 0 Å². The van der Waals surface area contributed by atoms with Gasteiger partial charge in [0.1, 0.15) is 0 Å². The van der Waals surface area contributed by atoms with Crippen molar-refractivity contribution >= 4 is 5.78 Å². The smallest absolute Gasteiger partial charge is 0.168 e. The van der Waals surface area contributed by atoms with E-state index in [1.807, 2.05) is 12.1 Å². The number of fused-ring (bicyclic) bond motifs is 1. The zero-order valence-corrected chi connectivity index (χ0v) is 7.63. The molecule has 0 amide bonds. The molecular weight excluding hydrogens is 161 g/mol. The molecule has 0 bridgehead atoms. The maximum Gasteiger partial charge on any atom is 0.168 e. The van der Waals surface area contributed by atoms with E-state index in [2.05, 4.69) is 0 Å². The SMILES string of the molecule is [2H]C([2H])([2H])C1([13CH3])CCc2ccccc2C1=O. The van der Waals surface area contributed by atoms with Crippen molar-refractivity contribution < 1.29 is 8.91 Å². The number of hydrogen-bond donors (Lipinski definition) is 0. The fourth-order valence-electron chi connectivity index (χ4n) is 1.76. The van der Waals surface area contributed by atoms with Gasteiger partial charge in [0.25, 0.3) is 0 Å². The number of hydrogen-bond acceptors (Lipinski definition) is 1. The van der Waals surface area contributed by atoms with E-state index >= 15 is 0 Å². The Labute approximate surface area is 83.0 Å². The van der Waals surface area contributed by atoms with Crippen LogP contribution in [0.25, 0.3) is 0 Å². The van der Waals surface area contributed by atoms with Crippen molar-refractivity contribution in [2.75, 3.05) is 0 Å². The van der Waals surface area contributed by atoms with Crippen LogP contribution in [0.1, 0.15) is 40.2 Å². The Morgan fingerprint density at radius 1 is 1.46 bits per heavy atom.